The summed E-state index contributed by atoms with van der Waals surface area (Å²) >= 11 is 0. The molecule has 0 atom stereocenters. The van der Waals surface area contributed by atoms with Gasteiger partial charge in [0.05, 0.1) is 28.2 Å². The van der Waals surface area contributed by atoms with E-state index >= 15 is 0 Å². The number of esters is 4. The number of benzene rings is 4. The summed E-state index contributed by atoms with van der Waals surface area (Å²) in [6.45, 7) is 6.68. The third-order valence-corrected chi connectivity index (χ3v) is 6.17. The van der Waals surface area contributed by atoms with Crippen molar-refractivity contribution in [2.24, 2.45) is 5.10 Å². The van der Waals surface area contributed by atoms with Crippen LogP contribution in [0.1, 0.15) is 26.3 Å². The van der Waals surface area contributed by atoms with Crippen LogP contribution in [0.25, 0.3) is 10.9 Å². The molecule has 230 valence electrons. The van der Waals surface area contributed by atoms with Crippen molar-refractivity contribution in [1.29, 1.82) is 0 Å². The Balaban J connectivity index is 1.36. The SMILES string of the molecule is C=CC(=O)Oc1ccc(C(=O)Oc2ccc(OC(=O)c3ccc(OC(=O)C=C)cc3)c(/C=N/Nc3c#cc4ccccc4n3)c2)cc1. The first-order chi connectivity index (χ1) is 22.8. The summed E-state index contributed by atoms with van der Waals surface area (Å²) in [6.07, 6.45) is 3.39. The molecule has 0 unspecified atom stereocenters. The number of anilines is 1. The van der Waals surface area contributed by atoms with Gasteiger partial charge in [-0.2, -0.15) is 5.10 Å². The van der Waals surface area contributed by atoms with Crippen molar-refractivity contribution >= 4 is 46.8 Å². The van der Waals surface area contributed by atoms with E-state index in [1.165, 1.54) is 72.9 Å². The second-order valence-electron chi connectivity index (χ2n) is 9.38. The fraction of sp³-hybridized carbons (Fsp3) is 0. The lowest BCUT2D eigenvalue weighted by molar-refractivity contribution is -0.129. The Bertz CT molecular complexity index is 2020. The van der Waals surface area contributed by atoms with Crippen LogP contribution >= 0.6 is 0 Å². The van der Waals surface area contributed by atoms with Gasteiger partial charge in [-0.15, -0.1) is 0 Å². The standard InChI is InChI=1S/C36H23N3O8/c1-3-33(40)44-27-14-9-24(10-15-27)35(42)46-29-18-19-31(47-36(43)25-11-16-28(17-12-25)45-34(41)4-2)26(21-29)22-37-39-32-20-13-23-7-5-6-8-30(23)38-32/h3-12,14-19,21-22H,1-2H2,(H,38,39)/b37-22+. The number of nitrogens with one attached hydrogen (secondary N) is 1. The second-order valence-corrected chi connectivity index (χ2v) is 9.38. The van der Waals surface area contributed by atoms with E-state index in [0.717, 1.165) is 17.5 Å². The predicted octanol–water partition coefficient (Wildman–Crippen LogP) is 5.90. The second kappa shape index (κ2) is 14.6. The molecular weight excluding hydrogens is 602 g/mol. The fourth-order valence-electron chi connectivity index (χ4n) is 3.91. The van der Waals surface area contributed by atoms with Gasteiger partial charge in [0.1, 0.15) is 23.0 Å². The Morgan fingerprint density at radius 2 is 1.26 bits per heavy atom. The smallest absolute Gasteiger partial charge is 0.343 e. The highest BCUT2D eigenvalue weighted by Crippen LogP contribution is 2.26. The molecule has 11 nitrogen and oxygen atoms in total. The first-order valence-corrected chi connectivity index (χ1v) is 13.8. The van der Waals surface area contributed by atoms with Gasteiger partial charge in [-0.05, 0) is 84.9 Å². The topological polar surface area (TPSA) is 142 Å². The van der Waals surface area contributed by atoms with Crippen LogP contribution in [0.15, 0.2) is 121 Å². The van der Waals surface area contributed by atoms with E-state index in [4.69, 9.17) is 18.9 Å². The van der Waals surface area contributed by atoms with Gasteiger partial charge in [-0.25, -0.2) is 24.2 Å². The molecule has 11 heteroatoms. The molecular formula is C36H23N3O8. The summed E-state index contributed by atoms with van der Waals surface area (Å²) in [7, 11) is 0. The number of hydrogen-bond donors (Lipinski definition) is 1. The number of rotatable bonds is 11. The third kappa shape index (κ3) is 8.31. The molecule has 0 aliphatic carbocycles. The van der Waals surface area contributed by atoms with Gasteiger partial charge in [0, 0.05) is 17.7 Å². The Morgan fingerprint density at radius 3 is 1.87 bits per heavy atom. The highest BCUT2D eigenvalue weighted by Gasteiger charge is 2.15. The minimum Gasteiger partial charge on any atom is -0.423 e. The number of fused-ring (bicyclic) bond motifs is 1. The van der Waals surface area contributed by atoms with Crippen LogP contribution in [-0.2, 0) is 9.59 Å². The molecule has 0 fully saturated rings. The molecule has 0 aliphatic heterocycles. The first kappa shape index (κ1) is 31.4. The van der Waals surface area contributed by atoms with Crippen molar-refractivity contribution in [3.8, 4) is 23.0 Å². The lowest BCUT2D eigenvalue weighted by atomic mass is 10.2. The zero-order valence-electron chi connectivity index (χ0n) is 24.5. The van der Waals surface area contributed by atoms with Crippen molar-refractivity contribution in [2.45, 2.75) is 0 Å². The van der Waals surface area contributed by atoms with Crippen LogP contribution < -0.4 is 24.4 Å². The van der Waals surface area contributed by atoms with Gasteiger partial charge in [-0.1, -0.05) is 31.4 Å². The van der Waals surface area contributed by atoms with E-state index in [0.29, 0.717) is 11.3 Å². The molecule has 0 radical (unpaired) electrons. The molecule has 1 heterocycles. The zero-order valence-corrected chi connectivity index (χ0v) is 24.5. The maximum Gasteiger partial charge on any atom is 0.343 e. The minimum absolute atomic E-state index is 0.0953. The van der Waals surface area contributed by atoms with Gasteiger partial charge >= 0.3 is 23.9 Å². The number of nitrogens with zero attached hydrogens (tertiary/aromatic N) is 2. The van der Waals surface area contributed by atoms with Crippen molar-refractivity contribution < 1.29 is 38.1 Å². The monoisotopic (exact) mass is 625 g/mol. The highest BCUT2D eigenvalue weighted by atomic mass is 16.5. The Morgan fingerprint density at radius 1 is 0.681 bits per heavy atom. The summed E-state index contributed by atoms with van der Waals surface area (Å²) in [4.78, 5) is 53.1. The van der Waals surface area contributed by atoms with Gasteiger partial charge < -0.3 is 18.9 Å². The fourth-order valence-corrected chi connectivity index (χ4v) is 3.91. The Hall–Kier alpha value is -7.06. The van der Waals surface area contributed by atoms with Crippen LogP contribution in [-0.4, -0.2) is 35.1 Å². The van der Waals surface area contributed by atoms with E-state index < -0.39 is 23.9 Å². The molecule has 0 spiro atoms. The van der Waals surface area contributed by atoms with E-state index in [9.17, 15) is 19.2 Å². The van der Waals surface area contributed by atoms with Crippen molar-refractivity contribution in [2.75, 3.05) is 5.43 Å². The maximum atomic E-state index is 13.0. The molecule has 5 aromatic rings. The molecule has 4 aromatic carbocycles. The lowest BCUT2D eigenvalue weighted by Crippen LogP contribution is -2.12. The number of hydrazone groups is 1. The molecule has 0 saturated heterocycles. The predicted molar refractivity (Wildman–Crippen MR) is 172 cm³/mol. The molecule has 0 aliphatic rings. The number of hydrogen-bond acceptors (Lipinski definition) is 11. The van der Waals surface area contributed by atoms with Crippen molar-refractivity contribution in [3.63, 3.8) is 0 Å². The van der Waals surface area contributed by atoms with Crippen LogP contribution in [0, 0.1) is 12.1 Å². The van der Waals surface area contributed by atoms with Crippen LogP contribution in [0.5, 0.6) is 23.0 Å². The summed E-state index contributed by atoms with van der Waals surface area (Å²) < 4.78 is 21.2. The van der Waals surface area contributed by atoms with E-state index in [1.54, 1.807) is 0 Å². The number of carbonyl (C=O) groups is 4. The number of carbonyl (C=O) groups excluding carboxylic acids is 4. The summed E-state index contributed by atoms with van der Waals surface area (Å²) in [5, 5.41) is 4.98. The van der Waals surface area contributed by atoms with Gasteiger partial charge in [0.15, 0.2) is 5.82 Å². The van der Waals surface area contributed by atoms with Crippen LogP contribution in [0.4, 0.5) is 5.82 Å². The normalized spacial score (nSPS) is 10.4. The minimum atomic E-state index is -0.713. The highest BCUT2D eigenvalue weighted by molar-refractivity contribution is 5.95. The summed E-state index contributed by atoms with van der Waals surface area (Å²) in [6, 6.07) is 29.1. The van der Waals surface area contributed by atoms with Gasteiger partial charge in [0.2, 0.25) is 0 Å². The van der Waals surface area contributed by atoms with Gasteiger partial charge in [-0.3, -0.25) is 5.43 Å². The molecule has 5 rings (SSSR count). The van der Waals surface area contributed by atoms with Gasteiger partial charge in [0.25, 0.3) is 0 Å². The van der Waals surface area contributed by atoms with Crippen LogP contribution in [0.3, 0.4) is 0 Å². The van der Waals surface area contributed by atoms with Crippen LogP contribution in [0.2, 0.25) is 0 Å². The Labute approximate surface area is 268 Å². The van der Waals surface area contributed by atoms with Crippen molar-refractivity contribution in [3.05, 3.63) is 145 Å². The average molecular weight is 626 g/mol. The number of para-hydroxylation sites is 1. The quantitative estimate of drug-likeness (QED) is 0.0619. The summed E-state index contributed by atoms with van der Waals surface area (Å²) in [5.74, 6) is -1.72. The molecule has 1 N–H and O–H groups in total. The maximum absolute atomic E-state index is 13.0. The number of ether oxygens (including phenoxy) is 4. The summed E-state index contributed by atoms with van der Waals surface area (Å²) in [5.41, 5.74) is 4.08. The Kier molecular flexibility index (Phi) is 9.75. The molecule has 0 amide bonds. The van der Waals surface area contributed by atoms with E-state index in [-0.39, 0.29) is 39.7 Å². The largest absolute Gasteiger partial charge is 0.423 e. The number of aromatic nitrogens is 1. The lowest BCUT2D eigenvalue weighted by Gasteiger charge is -2.11. The van der Waals surface area contributed by atoms with Crippen molar-refractivity contribution in [1.82, 2.24) is 4.98 Å². The average Bonchev–Trinajstić information content (AvgIpc) is 3.09. The van der Waals surface area contributed by atoms with E-state index in [2.05, 4.69) is 40.8 Å². The van der Waals surface area contributed by atoms with E-state index in [1.807, 2.05) is 24.3 Å². The first-order valence-electron chi connectivity index (χ1n) is 13.8. The molecule has 47 heavy (non-hydrogen) atoms. The molecule has 0 saturated carbocycles. The molecule has 0 bridgehead atoms. The zero-order chi connectivity index (χ0) is 33.2. The molecule has 1 aromatic heterocycles. The third-order valence-electron chi connectivity index (χ3n) is 6.17.